The third kappa shape index (κ3) is 4.12. The number of likely N-dealkylation sites (tertiary alicyclic amines) is 1. The van der Waals surface area contributed by atoms with Gasteiger partial charge < -0.3 is 14.6 Å². The van der Waals surface area contributed by atoms with Crippen LogP contribution in [0.1, 0.15) is 38.3 Å². The van der Waals surface area contributed by atoms with Crippen molar-refractivity contribution in [2.75, 3.05) is 13.7 Å². The summed E-state index contributed by atoms with van der Waals surface area (Å²) in [5, 5.41) is 13.4. The molecule has 0 saturated carbocycles. The lowest BCUT2D eigenvalue weighted by Gasteiger charge is -2.28. The third-order valence-corrected chi connectivity index (χ3v) is 5.09. The van der Waals surface area contributed by atoms with Gasteiger partial charge in [-0.3, -0.25) is 4.90 Å². The van der Waals surface area contributed by atoms with Crippen LogP contribution in [0.15, 0.2) is 43.0 Å². The molecule has 0 bridgehead atoms. The predicted molar refractivity (Wildman–Crippen MR) is 111 cm³/mol. The molecule has 0 aliphatic carbocycles. The Hall–Kier alpha value is -2.86. The minimum Gasteiger partial charge on any atom is -0.467 e. The van der Waals surface area contributed by atoms with E-state index in [4.69, 9.17) is 9.47 Å². The molecular formula is C23H27NO5. The predicted octanol–water partition coefficient (Wildman–Crippen LogP) is 3.85. The molecule has 2 aromatic rings. The molecule has 6 heteroatoms. The van der Waals surface area contributed by atoms with Gasteiger partial charge in [-0.05, 0) is 54.8 Å². The zero-order valence-corrected chi connectivity index (χ0v) is 17.3. The zero-order valence-electron chi connectivity index (χ0n) is 17.3. The highest BCUT2D eigenvalue weighted by Crippen LogP contribution is 2.39. The summed E-state index contributed by atoms with van der Waals surface area (Å²) in [6.07, 6.45) is 1.09. The molecule has 1 fully saturated rings. The second kappa shape index (κ2) is 7.52. The molecule has 1 aliphatic heterocycles. The summed E-state index contributed by atoms with van der Waals surface area (Å²) in [5.41, 5.74) is -0.655. The van der Waals surface area contributed by atoms with Crippen molar-refractivity contribution in [1.29, 1.82) is 0 Å². The number of rotatable bonds is 3. The van der Waals surface area contributed by atoms with Crippen LogP contribution < -0.4 is 0 Å². The van der Waals surface area contributed by atoms with Crippen molar-refractivity contribution in [1.82, 2.24) is 4.90 Å². The topological polar surface area (TPSA) is 76.1 Å². The average molecular weight is 397 g/mol. The maximum atomic E-state index is 12.7. The van der Waals surface area contributed by atoms with Crippen molar-refractivity contribution in [3.63, 3.8) is 0 Å². The Morgan fingerprint density at radius 1 is 1.28 bits per heavy atom. The van der Waals surface area contributed by atoms with Gasteiger partial charge in [0.25, 0.3) is 0 Å². The van der Waals surface area contributed by atoms with Gasteiger partial charge in [-0.1, -0.05) is 36.9 Å². The highest BCUT2D eigenvalue weighted by Gasteiger charge is 2.50. The summed E-state index contributed by atoms with van der Waals surface area (Å²) in [7, 11) is 1.26. The van der Waals surface area contributed by atoms with E-state index >= 15 is 0 Å². The van der Waals surface area contributed by atoms with Crippen molar-refractivity contribution in [2.45, 2.75) is 44.4 Å². The number of esters is 1. The lowest BCUT2D eigenvalue weighted by atomic mass is 9.87. The summed E-state index contributed by atoms with van der Waals surface area (Å²) >= 11 is 0. The summed E-state index contributed by atoms with van der Waals surface area (Å²) in [6.45, 7) is 9.05. The van der Waals surface area contributed by atoms with E-state index in [1.807, 2.05) is 36.4 Å². The van der Waals surface area contributed by atoms with E-state index in [9.17, 15) is 14.7 Å². The number of β-amino-alcohol motifs (C(OH)–C–C–N with tert-alkyl or cyclic N) is 1. The first-order chi connectivity index (χ1) is 13.6. The molecule has 6 nitrogen and oxygen atoms in total. The van der Waals surface area contributed by atoms with Crippen LogP contribution in [0.3, 0.4) is 0 Å². The van der Waals surface area contributed by atoms with Crippen LogP contribution in [0.2, 0.25) is 0 Å². The number of hydrogen-bond acceptors (Lipinski definition) is 5. The SMILES string of the molecule is C=Cc1cc(C2(O)CC(C(=O)OC)N(C(=O)OC(C)(C)C)C2)cc2ccccc12. The number of ether oxygens (including phenoxy) is 2. The molecule has 2 unspecified atom stereocenters. The number of carbonyl (C=O) groups is 2. The largest absolute Gasteiger partial charge is 0.467 e. The average Bonchev–Trinajstić information content (AvgIpc) is 3.04. The molecule has 29 heavy (non-hydrogen) atoms. The monoisotopic (exact) mass is 397 g/mol. The quantitative estimate of drug-likeness (QED) is 0.796. The van der Waals surface area contributed by atoms with Crippen LogP contribution in [-0.4, -0.2) is 47.4 Å². The Kier molecular flexibility index (Phi) is 5.41. The number of nitrogens with zero attached hydrogens (tertiary/aromatic N) is 1. The first kappa shape index (κ1) is 20.9. The number of carbonyl (C=O) groups excluding carboxylic acids is 2. The van der Waals surface area contributed by atoms with E-state index in [0.717, 1.165) is 16.3 Å². The van der Waals surface area contributed by atoms with E-state index in [-0.39, 0.29) is 13.0 Å². The summed E-state index contributed by atoms with van der Waals surface area (Å²) in [4.78, 5) is 26.3. The molecule has 154 valence electrons. The Morgan fingerprint density at radius 2 is 1.97 bits per heavy atom. The third-order valence-electron chi connectivity index (χ3n) is 5.09. The minimum absolute atomic E-state index is 0.0217. The van der Waals surface area contributed by atoms with Gasteiger partial charge in [0.1, 0.15) is 17.2 Å². The highest BCUT2D eigenvalue weighted by molar-refractivity contribution is 5.91. The van der Waals surface area contributed by atoms with E-state index < -0.39 is 29.3 Å². The molecule has 2 atom stereocenters. The highest BCUT2D eigenvalue weighted by atomic mass is 16.6. The van der Waals surface area contributed by atoms with Crippen molar-refractivity contribution < 1.29 is 24.2 Å². The van der Waals surface area contributed by atoms with Crippen LogP contribution >= 0.6 is 0 Å². The molecule has 0 spiro atoms. The Balaban J connectivity index is 2.03. The van der Waals surface area contributed by atoms with Crippen LogP contribution in [0, 0.1) is 0 Å². The number of amides is 1. The van der Waals surface area contributed by atoms with E-state index in [1.165, 1.54) is 12.0 Å². The fourth-order valence-electron chi connectivity index (χ4n) is 3.73. The molecule has 0 aromatic heterocycles. The number of aliphatic hydroxyl groups is 1. The van der Waals surface area contributed by atoms with Gasteiger partial charge in [-0.25, -0.2) is 9.59 Å². The Labute approximate surface area is 170 Å². The van der Waals surface area contributed by atoms with Crippen molar-refractivity contribution in [3.8, 4) is 0 Å². The molecule has 0 radical (unpaired) electrons. The smallest absolute Gasteiger partial charge is 0.411 e. The number of methoxy groups -OCH3 is 1. The van der Waals surface area contributed by atoms with Gasteiger partial charge in [-0.15, -0.1) is 0 Å². The summed E-state index contributed by atoms with van der Waals surface area (Å²) in [6, 6.07) is 10.6. The van der Waals surface area contributed by atoms with Crippen LogP contribution in [0.25, 0.3) is 16.8 Å². The van der Waals surface area contributed by atoms with Crippen LogP contribution in [0.4, 0.5) is 4.79 Å². The van der Waals surface area contributed by atoms with Crippen LogP contribution in [-0.2, 0) is 19.9 Å². The van der Waals surface area contributed by atoms with Gasteiger partial charge in [0.15, 0.2) is 0 Å². The summed E-state index contributed by atoms with van der Waals surface area (Å²) < 4.78 is 10.3. The standard InChI is InChI=1S/C23H27NO5/c1-6-15-11-17(12-16-9-7-8-10-18(15)16)23(27)13-19(20(25)28-5)24(14-23)21(26)29-22(2,3)4/h6-12,19,27H,1,13-14H2,2-5H3. The first-order valence-electron chi connectivity index (χ1n) is 9.53. The lowest BCUT2D eigenvalue weighted by molar-refractivity contribution is -0.145. The maximum absolute atomic E-state index is 12.7. The first-order valence-corrected chi connectivity index (χ1v) is 9.53. The maximum Gasteiger partial charge on any atom is 0.411 e. The number of fused-ring (bicyclic) bond motifs is 1. The molecule has 1 heterocycles. The van der Waals surface area contributed by atoms with E-state index in [0.29, 0.717) is 5.56 Å². The molecule has 3 rings (SSSR count). The molecule has 1 aliphatic rings. The van der Waals surface area contributed by atoms with E-state index in [2.05, 4.69) is 6.58 Å². The van der Waals surface area contributed by atoms with E-state index in [1.54, 1.807) is 26.8 Å². The van der Waals surface area contributed by atoms with Crippen LogP contribution in [0.5, 0.6) is 0 Å². The second-order valence-corrected chi connectivity index (χ2v) is 8.37. The van der Waals surface area contributed by atoms with Gasteiger partial charge in [-0.2, -0.15) is 0 Å². The van der Waals surface area contributed by atoms with Crippen molar-refractivity contribution in [2.24, 2.45) is 0 Å². The molecule has 2 aromatic carbocycles. The molecule has 1 amide bonds. The number of hydrogen-bond donors (Lipinski definition) is 1. The lowest BCUT2D eigenvalue weighted by Crippen LogP contribution is -2.44. The summed E-state index contributed by atoms with van der Waals surface area (Å²) in [5.74, 6) is -0.587. The molecular weight excluding hydrogens is 370 g/mol. The fraction of sp³-hybridized carbons (Fsp3) is 0.391. The van der Waals surface area contributed by atoms with Gasteiger partial charge in [0.05, 0.1) is 13.7 Å². The molecule has 1 saturated heterocycles. The van der Waals surface area contributed by atoms with Crippen molar-refractivity contribution >= 4 is 28.9 Å². The Bertz CT molecular complexity index is 961. The fourth-order valence-corrected chi connectivity index (χ4v) is 3.73. The Morgan fingerprint density at radius 3 is 2.59 bits per heavy atom. The number of benzene rings is 2. The normalized spacial score (nSPS) is 21.8. The minimum atomic E-state index is -1.42. The second-order valence-electron chi connectivity index (χ2n) is 8.37. The zero-order chi connectivity index (χ0) is 21.4. The van der Waals surface area contributed by atoms with Gasteiger partial charge >= 0.3 is 12.1 Å². The van der Waals surface area contributed by atoms with Gasteiger partial charge in [0, 0.05) is 6.42 Å². The molecule has 1 N–H and O–H groups in total. The van der Waals surface area contributed by atoms with Crippen molar-refractivity contribution in [3.05, 3.63) is 54.1 Å². The van der Waals surface area contributed by atoms with Gasteiger partial charge in [0.2, 0.25) is 0 Å².